The van der Waals surface area contributed by atoms with Crippen molar-refractivity contribution in [3.05, 3.63) is 255 Å². The van der Waals surface area contributed by atoms with E-state index in [4.69, 9.17) is 0 Å². The second-order valence-electron chi connectivity index (χ2n) is 15.6. The SMILES string of the molecule is c1ccc(-c2ccc(N(c3ccccc3-c3ccccc3)c3cccc4c3c3ccccc3n4-c3ccccc3-c3ccccc3-c3ccccc3)c(-c3ccccc3)c2)cc1. The first-order valence-corrected chi connectivity index (χ1v) is 21.3. The lowest BCUT2D eigenvalue weighted by Crippen LogP contribution is -2.13. The topological polar surface area (TPSA) is 8.17 Å². The van der Waals surface area contributed by atoms with E-state index in [1.807, 2.05) is 0 Å². The Hall–Kier alpha value is -8.20. The van der Waals surface area contributed by atoms with Crippen molar-refractivity contribution < 1.29 is 0 Å². The average Bonchev–Trinajstić information content (AvgIpc) is 3.70. The van der Waals surface area contributed by atoms with Crippen LogP contribution in [0.5, 0.6) is 0 Å². The lowest BCUT2D eigenvalue weighted by molar-refractivity contribution is 1.18. The van der Waals surface area contributed by atoms with Crippen molar-refractivity contribution in [1.82, 2.24) is 4.57 Å². The van der Waals surface area contributed by atoms with Gasteiger partial charge in [-0.15, -0.1) is 0 Å². The van der Waals surface area contributed by atoms with Gasteiger partial charge in [0.25, 0.3) is 0 Å². The number of rotatable bonds is 9. The maximum Gasteiger partial charge on any atom is 0.0562 e. The van der Waals surface area contributed by atoms with E-state index in [1.165, 1.54) is 44.2 Å². The summed E-state index contributed by atoms with van der Waals surface area (Å²) in [4.78, 5) is 2.51. The molecule has 11 rings (SSSR count). The molecule has 1 heterocycles. The molecule has 0 N–H and O–H groups in total. The Labute approximate surface area is 362 Å². The van der Waals surface area contributed by atoms with Crippen molar-refractivity contribution in [2.24, 2.45) is 0 Å². The first-order chi connectivity index (χ1) is 30.8. The molecule has 2 nitrogen and oxygen atoms in total. The van der Waals surface area contributed by atoms with Gasteiger partial charge in [-0.25, -0.2) is 0 Å². The lowest BCUT2D eigenvalue weighted by atomic mass is 9.93. The summed E-state index contributed by atoms with van der Waals surface area (Å²) < 4.78 is 2.48. The zero-order chi connectivity index (χ0) is 41.2. The van der Waals surface area contributed by atoms with E-state index in [1.54, 1.807) is 0 Å². The summed E-state index contributed by atoms with van der Waals surface area (Å²) in [6, 6.07) is 92.2. The van der Waals surface area contributed by atoms with Crippen molar-refractivity contribution in [2.45, 2.75) is 0 Å². The second kappa shape index (κ2) is 16.1. The van der Waals surface area contributed by atoms with Gasteiger partial charge >= 0.3 is 0 Å². The van der Waals surface area contributed by atoms with Crippen LogP contribution >= 0.6 is 0 Å². The number of fused-ring (bicyclic) bond motifs is 3. The predicted molar refractivity (Wildman–Crippen MR) is 263 cm³/mol. The lowest BCUT2D eigenvalue weighted by Gasteiger charge is -2.31. The van der Waals surface area contributed by atoms with Gasteiger partial charge < -0.3 is 9.47 Å². The first-order valence-electron chi connectivity index (χ1n) is 21.3. The normalized spacial score (nSPS) is 11.2. The van der Waals surface area contributed by atoms with Gasteiger partial charge in [0.1, 0.15) is 0 Å². The highest BCUT2D eigenvalue weighted by molar-refractivity contribution is 6.18. The van der Waals surface area contributed by atoms with Gasteiger partial charge in [0.2, 0.25) is 0 Å². The molecule has 0 aliphatic carbocycles. The Kier molecular flexibility index (Phi) is 9.57. The van der Waals surface area contributed by atoms with Crippen molar-refractivity contribution in [3.8, 4) is 61.3 Å². The summed E-state index contributed by atoms with van der Waals surface area (Å²) in [6.07, 6.45) is 0. The molecular weight excluding hydrogens is 749 g/mol. The van der Waals surface area contributed by atoms with E-state index >= 15 is 0 Å². The zero-order valence-electron chi connectivity index (χ0n) is 34.1. The highest BCUT2D eigenvalue weighted by Crippen LogP contribution is 2.50. The van der Waals surface area contributed by atoms with Crippen LogP contribution < -0.4 is 4.90 Å². The van der Waals surface area contributed by atoms with Crippen LogP contribution in [0, 0.1) is 0 Å². The Balaban J connectivity index is 1.22. The van der Waals surface area contributed by atoms with Gasteiger partial charge in [-0.05, 0) is 81.4 Å². The maximum atomic E-state index is 2.51. The van der Waals surface area contributed by atoms with Crippen molar-refractivity contribution in [2.75, 3.05) is 4.90 Å². The molecule has 0 aliphatic heterocycles. The third-order valence-electron chi connectivity index (χ3n) is 12.0. The smallest absolute Gasteiger partial charge is 0.0562 e. The molecule has 0 fully saturated rings. The molecule has 62 heavy (non-hydrogen) atoms. The molecule has 0 saturated carbocycles. The fraction of sp³-hybridized carbons (Fsp3) is 0. The fourth-order valence-electron chi connectivity index (χ4n) is 9.24. The number of anilines is 3. The number of aromatic nitrogens is 1. The molecule has 0 saturated heterocycles. The largest absolute Gasteiger partial charge is 0.309 e. The summed E-state index contributed by atoms with van der Waals surface area (Å²) in [6.45, 7) is 0. The van der Waals surface area contributed by atoms with E-state index in [0.717, 1.165) is 56.0 Å². The van der Waals surface area contributed by atoms with Crippen LogP contribution in [0.25, 0.3) is 83.1 Å². The number of nitrogens with zero attached hydrogens (tertiary/aromatic N) is 2. The molecule has 0 amide bonds. The van der Waals surface area contributed by atoms with Crippen LogP contribution in [0.15, 0.2) is 255 Å². The Morgan fingerprint density at radius 1 is 0.258 bits per heavy atom. The molecule has 1 aromatic heterocycles. The maximum absolute atomic E-state index is 2.51. The fourth-order valence-corrected chi connectivity index (χ4v) is 9.24. The molecule has 11 aromatic rings. The molecule has 0 unspecified atom stereocenters. The second-order valence-corrected chi connectivity index (χ2v) is 15.6. The van der Waals surface area contributed by atoms with Gasteiger partial charge in [0.05, 0.1) is 33.8 Å². The molecule has 0 aliphatic rings. The molecule has 2 heteroatoms. The third kappa shape index (κ3) is 6.56. The van der Waals surface area contributed by atoms with Crippen LogP contribution in [0.3, 0.4) is 0 Å². The van der Waals surface area contributed by atoms with Crippen LogP contribution in [0.2, 0.25) is 0 Å². The highest BCUT2D eigenvalue weighted by Gasteiger charge is 2.26. The van der Waals surface area contributed by atoms with Crippen molar-refractivity contribution in [3.63, 3.8) is 0 Å². The van der Waals surface area contributed by atoms with Crippen LogP contribution in [-0.2, 0) is 0 Å². The van der Waals surface area contributed by atoms with E-state index in [9.17, 15) is 0 Å². The van der Waals surface area contributed by atoms with E-state index < -0.39 is 0 Å². The standard InChI is InChI=1S/C60H42N2/c1-5-22-43(23-6-1)47-40-41-57(53(42-47)46-28-11-4-12-29-46)61(54-35-18-15-31-49(54)45-26-9-3-10-27-45)58-38-21-39-59-60(58)52-34-17-20-37-56(52)62(59)55-36-19-16-33-51(55)50-32-14-13-30-48(50)44-24-7-2-8-25-44/h1-42H. The summed E-state index contributed by atoms with van der Waals surface area (Å²) in [7, 11) is 0. The third-order valence-corrected chi connectivity index (χ3v) is 12.0. The molecule has 0 bridgehead atoms. The van der Waals surface area contributed by atoms with Crippen LogP contribution in [-0.4, -0.2) is 4.57 Å². The van der Waals surface area contributed by atoms with Crippen LogP contribution in [0.1, 0.15) is 0 Å². The van der Waals surface area contributed by atoms with E-state index in [-0.39, 0.29) is 0 Å². The van der Waals surface area contributed by atoms with Gasteiger partial charge in [0, 0.05) is 27.5 Å². The minimum atomic E-state index is 1.10. The number of para-hydroxylation sites is 3. The van der Waals surface area contributed by atoms with E-state index in [0.29, 0.717) is 0 Å². The highest BCUT2D eigenvalue weighted by atomic mass is 15.2. The quantitative estimate of drug-likeness (QED) is 0.141. The number of hydrogen-bond donors (Lipinski definition) is 0. The first kappa shape index (κ1) is 36.8. The summed E-state index contributed by atoms with van der Waals surface area (Å²) in [5.74, 6) is 0. The van der Waals surface area contributed by atoms with Gasteiger partial charge in [0.15, 0.2) is 0 Å². The predicted octanol–water partition coefficient (Wildman–Crippen LogP) is 16.6. The van der Waals surface area contributed by atoms with Gasteiger partial charge in [-0.1, -0.05) is 212 Å². The van der Waals surface area contributed by atoms with Crippen molar-refractivity contribution >= 4 is 38.9 Å². The Morgan fingerprint density at radius 3 is 1.42 bits per heavy atom. The Bertz CT molecular complexity index is 3330. The molecule has 0 spiro atoms. The summed E-state index contributed by atoms with van der Waals surface area (Å²) in [5, 5.41) is 2.37. The van der Waals surface area contributed by atoms with Crippen LogP contribution in [0.4, 0.5) is 17.1 Å². The monoisotopic (exact) mass is 790 g/mol. The minimum Gasteiger partial charge on any atom is -0.309 e. The van der Waals surface area contributed by atoms with Crippen molar-refractivity contribution in [1.29, 1.82) is 0 Å². The molecule has 10 aromatic carbocycles. The number of hydrogen-bond acceptors (Lipinski definition) is 1. The molecule has 0 atom stereocenters. The number of benzene rings is 10. The minimum absolute atomic E-state index is 1.10. The van der Waals surface area contributed by atoms with Gasteiger partial charge in [-0.3, -0.25) is 0 Å². The average molecular weight is 791 g/mol. The van der Waals surface area contributed by atoms with Gasteiger partial charge in [-0.2, -0.15) is 0 Å². The van der Waals surface area contributed by atoms with E-state index in [2.05, 4.69) is 264 Å². The molecule has 0 radical (unpaired) electrons. The Morgan fingerprint density at radius 2 is 0.726 bits per heavy atom. The molecular formula is C60H42N2. The molecule has 292 valence electrons. The zero-order valence-corrected chi connectivity index (χ0v) is 34.1. The summed E-state index contributed by atoms with van der Waals surface area (Å²) >= 11 is 0. The summed E-state index contributed by atoms with van der Waals surface area (Å²) in [5.41, 5.74) is 18.5.